The number of hydrogen-bond donors (Lipinski definition) is 0. The second kappa shape index (κ2) is 1330. The first kappa shape index (κ1) is 118. The van der Waals surface area contributed by atoms with E-state index in [1.54, 1.807) is 0 Å². The SMILES string of the molecule is O.[C-]#N.[C-]#N.[C-]#N.[C-]#N.[C-]#N.[C-]#N.[C-]#N.[C-]#N.[K+].[K+].[K+].[K+].[Mo+4]. The maximum absolute atomic E-state index is 6.25. The summed E-state index contributed by atoms with van der Waals surface area (Å²) in [4.78, 5) is 0. The van der Waals surface area contributed by atoms with Gasteiger partial charge in [0.25, 0.3) is 0 Å². The molecule has 0 bridgehead atoms. The van der Waals surface area contributed by atoms with Crippen LogP contribution in [0.25, 0.3) is 0 Å². The fraction of sp³-hybridized carbons (Fsp3) is 0. The first-order valence-electron chi connectivity index (χ1n) is 1.79. The zero-order valence-corrected chi connectivity index (χ0v) is 27.0. The van der Waals surface area contributed by atoms with Crippen LogP contribution in [0.2, 0.25) is 0 Å². The fourth-order valence-electron chi connectivity index (χ4n) is 0. The third kappa shape index (κ3) is 1170. The zero-order chi connectivity index (χ0) is 16.0. The van der Waals surface area contributed by atoms with Crippen molar-refractivity contribution in [3.8, 4) is 0 Å². The molecule has 2 N–H and O–H groups in total. The van der Waals surface area contributed by atoms with E-state index in [-0.39, 0.29) is 232 Å². The van der Waals surface area contributed by atoms with Crippen molar-refractivity contribution in [2.24, 2.45) is 0 Å². The molecule has 0 aromatic carbocycles. The van der Waals surface area contributed by atoms with Crippen LogP contribution >= 0.6 is 0 Å². The second-order valence-electron chi connectivity index (χ2n) is 0. The summed E-state index contributed by atoms with van der Waals surface area (Å²) in [5.41, 5.74) is 0. The van der Waals surface area contributed by atoms with E-state index in [0.29, 0.717) is 0 Å². The molecule has 0 aliphatic heterocycles. The Kier molecular flexibility index (Phi) is 7140. The zero-order valence-electron chi connectivity index (χ0n) is 12.5. The molecule has 0 saturated heterocycles. The predicted molar refractivity (Wildman–Crippen MR) is 43.4 cm³/mol. The minimum Gasteiger partial charge on any atom is -0.512 e. The molecular weight excluding hydrogens is 476 g/mol. The molecule has 9 nitrogen and oxygen atoms in total. The molecule has 0 aliphatic carbocycles. The van der Waals surface area contributed by atoms with Gasteiger partial charge < -0.3 is 100 Å². The number of rotatable bonds is 0. The normalized spacial score (nSPS) is 0.727. The van der Waals surface area contributed by atoms with E-state index in [9.17, 15) is 0 Å². The van der Waals surface area contributed by atoms with Gasteiger partial charge in [0.15, 0.2) is 0 Å². The van der Waals surface area contributed by atoms with Crippen molar-refractivity contribution in [2.45, 2.75) is 0 Å². The van der Waals surface area contributed by atoms with Gasteiger partial charge in [0, 0.05) is 0 Å². The first-order valence-corrected chi connectivity index (χ1v) is 1.79. The van der Waals surface area contributed by atoms with Crippen LogP contribution in [0.15, 0.2) is 0 Å². The Bertz CT molecular complexity index is 152. The summed E-state index contributed by atoms with van der Waals surface area (Å²) in [7, 11) is 0. The molecule has 90 valence electrons. The molecule has 0 rings (SSSR count). The van der Waals surface area contributed by atoms with Gasteiger partial charge in [-0.05, 0) is 0 Å². The van der Waals surface area contributed by atoms with Crippen molar-refractivity contribution < 1.29 is 232 Å². The van der Waals surface area contributed by atoms with Crippen molar-refractivity contribution in [3.05, 3.63) is 52.6 Å². The molecule has 0 saturated carbocycles. The summed E-state index contributed by atoms with van der Waals surface area (Å²) in [6, 6.07) is 0. The van der Waals surface area contributed by atoms with Crippen molar-refractivity contribution >= 4 is 0 Å². The smallest absolute Gasteiger partial charge is 0.512 e. The van der Waals surface area contributed by atoms with Gasteiger partial charge in [-0.15, -0.1) is 0 Å². The third-order valence-corrected chi connectivity index (χ3v) is 0. The third-order valence-electron chi connectivity index (χ3n) is 0. The van der Waals surface area contributed by atoms with E-state index >= 15 is 0 Å². The van der Waals surface area contributed by atoms with Crippen LogP contribution in [0, 0.1) is 94.7 Å². The summed E-state index contributed by atoms with van der Waals surface area (Å²) < 4.78 is 0. The van der Waals surface area contributed by atoms with E-state index in [1.165, 1.54) is 0 Å². The van der Waals surface area contributed by atoms with E-state index in [2.05, 4.69) is 0 Å². The molecule has 0 radical (unpaired) electrons. The largest absolute Gasteiger partial charge is 4.00 e. The van der Waals surface area contributed by atoms with Crippen molar-refractivity contribution in [1.29, 1.82) is 42.1 Å². The van der Waals surface area contributed by atoms with Gasteiger partial charge in [-0.25, -0.2) is 0 Å². The Morgan fingerprint density at radius 2 is 0.273 bits per heavy atom. The second-order valence-corrected chi connectivity index (χ2v) is 0. The van der Waals surface area contributed by atoms with E-state index in [0.717, 1.165) is 0 Å². The van der Waals surface area contributed by atoms with Crippen molar-refractivity contribution in [3.63, 3.8) is 0 Å². The Morgan fingerprint density at radius 3 is 0.273 bits per heavy atom. The van der Waals surface area contributed by atoms with Crippen LogP contribution in [0.3, 0.4) is 0 Å². The number of hydrogen-bond acceptors (Lipinski definition) is 8. The predicted octanol–water partition coefficient (Wildman–Crippen LogP) is -12.0. The molecule has 0 amide bonds. The molecule has 0 fully saturated rings. The summed E-state index contributed by atoms with van der Waals surface area (Å²) in [5, 5.41) is 50.0. The average Bonchev–Trinajstić information content (AvgIpc) is 2.54. The summed E-state index contributed by atoms with van der Waals surface area (Å²) in [6.07, 6.45) is 0. The average molecular weight is 478 g/mol. The summed E-state index contributed by atoms with van der Waals surface area (Å²) >= 11 is 0. The summed E-state index contributed by atoms with van der Waals surface area (Å²) in [5.74, 6) is 0. The molecular formula is C8H2K4MoN8O. The Morgan fingerprint density at radius 1 is 0.273 bits per heavy atom. The first-order chi connectivity index (χ1) is 8.00. The van der Waals surface area contributed by atoms with Crippen LogP contribution in [0.5, 0.6) is 0 Å². The standard InChI is InChI=1S/8CN.4K.Mo.H2O/c8*1-2;;;;;;/h;;;;;;;;;;;;;1H2/q8*-1;4*+1;+4;. The van der Waals surface area contributed by atoms with Crippen molar-refractivity contribution in [2.75, 3.05) is 0 Å². The molecule has 0 spiro atoms. The summed E-state index contributed by atoms with van der Waals surface area (Å²) in [6.45, 7) is 38.0. The molecule has 0 aromatic rings. The van der Waals surface area contributed by atoms with E-state index in [4.69, 9.17) is 94.7 Å². The van der Waals surface area contributed by atoms with E-state index < -0.39 is 0 Å². The minimum atomic E-state index is 0. The van der Waals surface area contributed by atoms with Gasteiger partial charge in [-0.2, -0.15) is 0 Å². The van der Waals surface area contributed by atoms with Crippen LogP contribution in [-0.2, 0) is 21.1 Å². The van der Waals surface area contributed by atoms with Gasteiger partial charge in [-0.3, -0.25) is 0 Å². The molecule has 0 aromatic heterocycles. The molecule has 0 unspecified atom stereocenters. The molecule has 14 heteroatoms. The van der Waals surface area contributed by atoms with Gasteiger partial charge >= 0.3 is 227 Å². The van der Waals surface area contributed by atoms with Crippen molar-refractivity contribution in [1.82, 2.24) is 0 Å². The van der Waals surface area contributed by atoms with Crippen LogP contribution in [0.4, 0.5) is 0 Å². The fourth-order valence-corrected chi connectivity index (χ4v) is 0. The molecule has 0 aliphatic rings. The monoisotopic (exact) mass is 480 g/mol. The van der Waals surface area contributed by atoms with Gasteiger partial charge in [-0.1, -0.05) is 0 Å². The molecule has 0 atom stereocenters. The molecule has 0 heterocycles. The van der Waals surface area contributed by atoms with Gasteiger partial charge in [0.2, 0.25) is 0 Å². The van der Waals surface area contributed by atoms with E-state index in [1.807, 2.05) is 0 Å². The van der Waals surface area contributed by atoms with Gasteiger partial charge in [0.05, 0.1) is 0 Å². The van der Waals surface area contributed by atoms with Crippen LogP contribution in [-0.4, -0.2) is 5.48 Å². The minimum absolute atomic E-state index is 0. The maximum atomic E-state index is 6.25. The Balaban J connectivity index is -0.00000000267. The van der Waals surface area contributed by atoms with Crippen LogP contribution < -0.4 is 206 Å². The van der Waals surface area contributed by atoms with Crippen LogP contribution in [0.1, 0.15) is 0 Å². The number of nitrogens with zero attached hydrogens (tertiary/aromatic N) is 8. The Hall–Kier alpha value is 3.11. The van der Waals surface area contributed by atoms with Gasteiger partial charge in [0.1, 0.15) is 0 Å². The quantitative estimate of drug-likeness (QED) is 0.239. The molecule has 22 heavy (non-hydrogen) atoms. The topological polar surface area (TPSA) is 222 Å². The Labute approximate surface area is 317 Å². The maximum Gasteiger partial charge on any atom is 4.00 e.